The monoisotopic (exact) mass is 1020 g/mol. The Morgan fingerprint density at radius 1 is 0.493 bits per heavy atom. The molecule has 0 saturated heterocycles. The number of rotatable bonds is 47. The first-order valence-corrected chi connectivity index (χ1v) is 23.7. The number of aliphatic hydroxyl groups excluding tert-OH is 5. The van der Waals surface area contributed by atoms with Crippen LogP contribution in [0.25, 0.3) is 0 Å². The van der Waals surface area contributed by atoms with Crippen molar-refractivity contribution in [3.05, 3.63) is 62.3 Å². The van der Waals surface area contributed by atoms with Crippen molar-refractivity contribution in [3.8, 4) is 0 Å². The van der Waals surface area contributed by atoms with Gasteiger partial charge in [-0.2, -0.15) is 0 Å². The number of Topliss-reactive ketones (excluding diaryl/α,β-unsaturated/α-hetero) is 1. The number of hydrogen-bond donors (Lipinski definition) is 9. The van der Waals surface area contributed by atoms with Gasteiger partial charge in [-0.1, -0.05) is 39.8 Å². The van der Waals surface area contributed by atoms with Crippen LogP contribution in [-0.4, -0.2) is 198 Å². The van der Waals surface area contributed by atoms with Crippen LogP contribution in [0.2, 0.25) is 0 Å². The molecule has 4 amide bonds. The Hall–Kier alpha value is -4.27. The molecule has 0 aromatic rings. The van der Waals surface area contributed by atoms with Crippen LogP contribution in [0.3, 0.4) is 0 Å². The average Bonchev–Trinajstić information content (AvgIpc) is 3.35. The Labute approximate surface area is 420 Å². The molecule has 5 unspecified atom stereocenters. The van der Waals surface area contributed by atoms with Crippen LogP contribution < -0.4 is 21.3 Å². The molecule has 0 radical (unpaired) electrons. The van der Waals surface area contributed by atoms with Crippen LogP contribution in [-0.2, 0) is 61.9 Å². The van der Waals surface area contributed by atoms with Crippen molar-refractivity contribution in [2.24, 2.45) is 5.41 Å². The molecule has 0 fully saturated rings. The van der Waals surface area contributed by atoms with E-state index in [9.17, 15) is 49.5 Å². The number of nitrogens with one attached hydrogen (secondary N) is 4. The second-order valence-corrected chi connectivity index (χ2v) is 16.5. The van der Waals surface area contributed by atoms with Crippen molar-refractivity contribution in [3.63, 3.8) is 0 Å². The maximum atomic E-state index is 11.4. The molecular weight excluding hydrogens is 933 g/mol. The van der Waals surface area contributed by atoms with Crippen LogP contribution in [0.15, 0.2) is 62.3 Å². The predicted molar refractivity (Wildman–Crippen MR) is 264 cm³/mol. The summed E-state index contributed by atoms with van der Waals surface area (Å²) in [5.74, 6) is -1.44. The molecule has 0 rings (SSSR count). The molecule has 0 aromatic heterocycles. The number of amides is 4. The third kappa shape index (κ3) is 43.1. The number of carbonyl (C=O) groups excluding carboxylic acids is 5. The van der Waals surface area contributed by atoms with Crippen LogP contribution in [0, 0.1) is 5.41 Å². The lowest BCUT2D eigenvalue weighted by Gasteiger charge is -2.32. The fourth-order valence-electron chi connectivity index (χ4n) is 5.23. The molecule has 22 nitrogen and oxygen atoms in total. The van der Waals surface area contributed by atoms with E-state index in [1.807, 2.05) is 6.92 Å². The van der Waals surface area contributed by atoms with E-state index in [1.54, 1.807) is 13.8 Å². The van der Waals surface area contributed by atoms with Gasteiger partial charge in [0.05, 0.1) is 83.4 Å². The third-order valence-corrected chi connectivity index (χ3v) is 9.81. The average molecular weight is 1020 g/mol. The third-order valence-electron chi connectivity index (χ3n) is 9.81. The topological polar surface area (TPSA) is 308 Å². The first kappa shape index (κ1) is 68.8. The van der Waals surface area contributed by atoms with Gasteiger partial charge in [0, 0.05) is 57.0 Å². The van der Waals surface area contributed by atoms with Gasteiger partial charge in [0.1, 0.15) is 20.2 Å². The van der Waals surface area contributed by atoms with Gasteiger partial charge in [-0.25, -0.2) is 0 Å². The molecule has 0 aliphatic heterocycles. The highest BCUT2D eigenvalue weighted by atomic mass is 16.5. The Morgan fingerprint density at radius 3 is 1.18 bits per heavy atom. The molecule has 0 spiro atoms. The van der Waals surface area contributed by atoms with E-state index < -0.39 is 35.9 Å². The van der Waals surface area contributed by atoms with Gasteiger partial charge in [-0.05, 0) is 82.6 Å². The highest BCUT2D eigenvalue weighted by Gasteiger charge is 2.30. The summed E-state index contributed by atoms with van der Waals surface area (Å²) in [6.45, 7) is 25.2. The highest BCUT2D eigenvalue weighted by Crippen LogP contribution is 2.25. The van der Waals surface area contributed by atoms with E-state index in [1.165, 1.54) is 0 Å². The van der Waals surface area contributed by atoms with Crippen molar-refractivity contribution in [1.29, 1.82) is 0 Å². The van der Waals surface area contributed by atoms with E-state index >= 15 is 0 Å². The molecule has 0 bridgehead atoms. The van der Waals surface area contributed by atoms with Gasteiger partial charge >= 0.3 is 0 Å². The van der Waals surface area contributed by atoms with Crippen LogP contribution >= 0.6 is 0 Å². The molecule has 5 atom stereocenters. The Bertz CT molecular complexity index is 1370. The quantitative estimate of drug-likeness (QED) is 0.0230. The van der Waals surface area contributed by atoms with Crippen molar-refractivity contribution >= 4 is 29.4 Å². The van der Waals surface area contributed by atoms with E-state index in [0.717, 1.165) is 31.1 Å². The first-order valence-electron chi connectivity index (χ1n) is 23.7. The van der Waals surface area contributed by atoms with E-state index in [0.29, 0.717) is 56.5 Å². The fourth-order valence-corrected chi connectivity index (χ4v) is 5.23. The maximum Gasteiger partial charge on any atom is 0.246 e. The van der Waals surface area contributed by atoms with E-state index in [4.69, 9.17) is 37.9 Å². The molecule has 0 aliphatic rings. The normalized spacial score (nSPS) is 13.9. The Kier molecular flexibility index (Phi) is 44.2. The lowest BCUT2D eigenvalue weighted by molar-refractivity contribution is -0.119. The number of aliphatic hydroxyl groups is 5. The van der Waals surface area contributed by atoms with Crippen molar-refractivity contribution in [1.82, 2.24) is 21.3 Å². The summed E-state index contributed by atoms with van der Waals surface area (Å²) in [6.07, 6.45) is 3.28. The number of carbonyl (C=O) groups is 5. The highest BCUT2D eigenvalue weighted by molar-refractivity contribution is 5.94. The molecular formula is C49H86N4O18. The molecule has 71 heavy (non-hydrogen) atoms. The smallest absolute Gasteiger partial charge is 0.246 e. The minimum absolute atomic E-state index is 0.0191. The number of unbranched alkanes of at least 4 members (excludes halogenated alkanes) is 1. The lowest BCUT2D eigenvalue weighted by Crippen LogP contribution is -2.38. The second-order valence-electron chi connectivity index (χ2n) is 16.5. The van der Waals surface area contributed by atoms with Gasteiger partial charge < -0.3 is 84.7 Å². The van der Waals surface area contributed by atoms with Crippen molar-refractivity contribution in [2.45, 2.75) is 103 Å². The van der Waals surface area contributed by atoms with E-state index in [2.05, 4.69) is 54.2 Å². The second kappa shape index (κ2) is 45.6. The summed E-state index contributed by atoms with van der Waals surface area (Å²) in [5, 5.41) is 59.7. The zero-order valence-corrected chi connectivity index (χ0v) is 42.4. The zero-order chi connectivity index (χ0) is 53.7. The van der Waals surface area contributed by atoms with Gasteiger partial charge in [0.2, 0.25) is 23.6 Å². The predicted octanol–water partition coefficient (Wildman–Crippen LogP) is 0.654. The molecule has 0 saturated carbocycles. The minimum Gasteiger partial charge on any atom is -0.391 e. The summed E-state index contributed by atoms with van der Waals surface area (Å²) in [7, 11) is 0. The maximum absolute atomic E-state index is 11.4. The minimum atomic E-state index is -0.795. The van der Waals surface area contributed by atoms with E-state index in [-0.39, 0.29) is 135 Å². The SMILES string of the molecule is C=C(C)C(=O)CCC(O)COCCCCOCC(O)CNC(=O)C(=C)C.C=CC(=O)NCOCC(O)CCOCC(CC)(COCCC(O)COCNC(=O)C=C)COCCC(O)COCNC(=O)C=C. The lowest BCUT2D eigenvalue weighted by atomic mass is 9.88. The van der Waals surface area contributed by atoms with Gasteiger partial charge in [-0.3, -0.25) is 24.0 Å². The number of ether oxygens (including phenoxy) is 8. The molecule has 0 heterocycles. The van der Waals surface area contributed by atoms with Crippen LogP contribution in [0.5, 0.6) is 0 Å². The summed E-state index contributed by atoms with van der Waals surface area (Å²) >= 11 is 0. The molecule has 410 valence electrons. The first-order chi connectivity index (χ1) is 33.8. The summed E-state index contributed by atoms with van der Waals surface area (Å²) in [6, 6.07) is 0. The largest absolute Gasteiger partial charge is 0.391 e. The number of hydrogen-bond acceptors (Lipinski definition) is 18. The number of ketones is 1. The van der Waals surface area contributed by atoms with Crippen LogP contribution in [0.1, 0.15) is 72.1 Å². The standard InChI is InChI=1S/C30H53N3O12.C19H33NO6/c1-5-27(37)31-21-43-15-24(34)9-12-40-18-30(8-4,19-41-13-10-25(35)16-44-22-32-28(38)6-2)20-42-14-11-26(36)17-45-23-33-29(39)7-3;1-14(2)18(23)8-7-16(21)12-25-9-5-6-10-26-13-17(22)11-20-19(24)15(3)4/h5-7,24-26,34-36H,1-3,8-23H2,4H3,(H,31,37)(H,32,38)(H,33,39);16-17,21-22H,1,3,5-13H2,2,4H3,(H,20,24). The molecule has 9 N–H and O–H groups in total. The summed E-state index contributed by atoms with van der Waals surface area (Å²) in [4.78, 5) is 56.0. The fraction of sp³-hybridized carbons (Fsp3) is 0.694. The molecule has 0 aromatic carbocycles. The Balaban J connectivity index is 0. The zero-order valence-electron chi connectivity index (χ0n) is 42.4. The van der Waals surface area contributed by atoms with Crippen LogP contribution in [0.4, 0.5) is 0 Å². The molecule has 22 heteroatoms. The Morgan fingerprint density at radius 2 is 0.845 bits per heavy atom. The summed E-state index contributed by atoms with van der Waals surface area (Å²) < 4.78 is 44.0. The van der Waals surface area contributed by atoms with Gasteiger partial charge in [-0.15, -0.1) is 0 Å². The number of allylic oxidation sites excluding steroid dienone is 1. The van der Waals surface area contributed by atoms with Gasteiger partial charge in [0.15, 0.2) is 5.78 Å². The van der Waals surface area contributed by atoms with Gasteiger partial charge in [0.25, 0.3) is 0 Å². The summed E-state index contributed by atoms with van der Waals surface area (Å²) in [5.41, 5.74) is 0.343. The molecule has 0 aliphatic carbocycles. The van der Waals surface area contributed by atoms with Crippen molar-refractivity contribution in [2.75, 3.05) is 113 Å². The van der Waals surface area contributed by atoms with Crippen molar-refractivity contribution < 1.29 is 87.4 Å².